The van der Waals surface area contributed by atoms with Gasteiger partial charge in [0.05, 0.1) is 25.5 Å². The van der Waals surface area contributed by atoms with Gasteiger partial charge >= 0.3 is 0 Å². The van der Waals surface area contributed by atoms with Gasteiger partial charge in [0.15, 0.2) is 6.54 Å². The molecule has 1 N–H and O–H groups in total. The third kappa shape index (κ3) is 4.48. The van der Waals surface area contributed by atoms with E-state index in [2.05, 4.69) is 4.57 Å². The van der Waals surface area contributed by atoms with Gasteiger partial charge in [0.25, 0.3) is 15.1 Å². The summed E-state index contributed by atoms with van der Waals surface area (Å²) in [7, 11) is -2.33. The van der Waals surface area contributed by atoms with Crippen LogP contribution in [0.1, 0.15) is 31.7 Å². The zero-order valence-electron chi connectivity index (χ0n) is 16.1. The van der Waals surface area contributed by atoms with Crippen molar-refractivity contribution in [2.75, 3.05) is 19.5 Å². The Bertz CT molecular complexity index is 1110. The zero-order chi connectivity index (χ0) is 20.3. The van der Waals surface area contributed by atoms with E-state index in [1.54, 1.807) is 29.8 Å². The van der Waals surface area contributed by atoms with Crippen molar-refractivity contribution < 1.29 is 27.0 Å². The molecule has 0 aliphatic heterocycles. The molecule has 0 bridgehead atoms. The highest BCUT2D eigenvalue weighted by Gasteiger charge is 2.25. The lowest BCUT2D eigenvalue weighted by Crippen LogP contribution is -2.36. The monoisotopic (exact) mass is 442 g/mol. The summed E-state index contributed by atoms with van der Waals surface area (Å²) in [6, 6.07) is 4.06. The first kappa shape index (κ1) is 21.0. The highest BCUT2D eigenvalue weighted by atomic mass is 32.2. The number of hydrogen-bond donors (Lipinski definition) is 1. The van der Waals surface area contributed by atoms with Crippen molar-refractivity contribution in [3.8, 4) is 5.75 Å². The van der Waals surface area contributed by atoms with Gasteiger partial charge in [-0.1, -0.05) is 18.3 Å². The van der Waals surface area contributed by atoms with Gasteiger partial charge in [0, 0.05) is 24.3 Å². The van der Waals surface area contributed by atoms with Gasteiger partial charge < -0.3 is 9.47 Å². The second-order valence-electron chi connectivity index (χ2n) is 6.22. The van der Waals surface area contributed by atoms with Crippen LogP contribution in [0, 0.1) is 0 Å². The largest absolute Gasteiger partial charge is 0.498 e. The number of benzene rings is 1. The number of nitrogens with zero attached hydrogens (tertiary/aromatic N) is 1. The maximum atomic E-state index is 11.2. The molecule has 0 fully saturated rings. The van der Waals surface area contributed by atoms with Crippen LogP contribution in [-0.2, 0) is 21.4 Å². The molecule has 28 heavy (non-hydrogen) atoms. The molecule has 0 radical (unpaired) electrons. The molecule has 0 saturated carbocycles. The molecular weight excluding hydrogens is 418 g/mol. The minimum absolute atomic E-state index is 0.268. The van der Waals surface area contributed by atoms with Crippen LogP contribution in [0.25, 0.3) is 26.4 Å². The van der Waals surface area contributed by atoms with E-state index >= 15 is 0 Å². The van der Waals surface area contributed by atoms with Crippen molar-refractivity contribution in [3.05, 3.63) is 28.3 Å². The topological polar surface area (TPSA) is 76.7 Å². The molecule has 152 valence electrons. The summed E-state index contributed by atoms with van der Waals surface area (Å²) in [5.41, 5.74) is 1.06. The lowest BCUT2D eigenvalue weighted by molar-refractivity contribution is -0.667. The van der Waals surface area contributed by atoms with Gasteiger partial charge in [0.2, 0.25) is 5.52 Å². The van der Waals surface area contributed by atoms with Gasteiger partial charge in [-0.25, -0.2) is 0 Å². The molecule has 0 spiro atoms. The summed E-state index contributed by atoms with van der Waals surface area (Å²) in [4.78, 5) is 0. The van der Waals surface area contributed by atoms with Gasteiger partial charge in [-0.3, -0.25) is 4.55 Å². The minimum atomic E-state index is -3.99. The van der Waals surface area contributed by atoms with E-state index in [1.165, 1.54) is 0 Å². The molecule has 2 heterocycles. The van der Waals surface area contributed by atoms with Gasteiger partial charge in [-0.2, -0.15) is 13.0 Å². The van der Waals surface area contributed by atoms with Crippen LogP contribution in [0.5, 0.6) is 5.75 Å². The molecule has 2 aromatic heterocycles. The standard InChI is InChI=1S/C19H23NO5S3/c1-4-13(25-5-2)11-17-20(8-6-10-28(21,22)23)18-16(27-17)12-15(24-3)14-7-9-26-19(14)18/h7,9,11-12H,4-6,8,10H2,1-3H3/p+1/b13-11+. The fourth-order valence-electron chi connectivity index (χ4n) is 3.15. The molecule has 0 aliphatic rings. The number of aryl methyl sites for hydroxylation is 1. The Morgan fingerprint density at radius 1 is 1.36 bits per heavy atom. The SMILES string of the molecule is CCO/C(=C/c1sc2cc(OC)c3ccsc3c2[n+]1CCCS(=O)(=O)O)CC. The Labute approximate surface area is 172 Å². The first-order chi connectivity index (χ1) is 13.4. The summed E-state index contributed by atoms with van der Waals surface area (Å²) >= 11 is 3.25. The number of aromatic nitrogens is 1. The summed E-state index contributed by atoms with van der Waals surface area (Å²) in [6.07, 6.45) is 3.11. The van der Waals surface area contributed by atoms with Crippen molar-refractivity contribution in [2.45, 2.75) is 33.2 Å². The Balaban J connectivity index is 2.18. The fourth-order valence-corrected chi connectivity index (χ4v) is 5.86. The first-order valence-electron chi connectivity index (χ1n) is 9.07. The first-order valence-corrected chi connectivity index (χ1v) is 12.4. The van der Waals surface area contributed by atoms with Crippen molar-refractivity contribution in [1.29, 1.82) is 0 Å². The van der Waals surface area contributed by atoms with Crippen LogP contribution >= 0.6 is 22.7 Å². The smallest absolute Gasteiger partial charge is 0.266 e. The van der Waals surface area contributed by atoms with Crippen LogP contribution in [-0.4, -0.2) is 32.4 Å². The van der Waals surface area contributed by atoms with Crippen LogP contribution in [0.2, 0.25) is 0 Å². The third-order valence-corrected chi connectivity index (χ3v) is 7.16. The Hall–Kier alpha value is -1.68. The maximum absolute atomic E-state index is 11.2. The molecule has 6 nitrogen and oxygen atoms in total. The van der Waals surface area contributed by atoms with Crippen LogP contribution in [0.3, 0.4) is 0 Å². The number of fused-ring (bicyclic) bond motifs is 3. The highest BCUT2D eigenvalue weighted by molar-refractivity contribution is 7.85. The van der Waals surface area contributed by atoms with Crippen molar-refractivity contribution in [3.63, 3.8) is 0 Å². The summed E-state index contributed by atoms with van der Waals surface area (Å²) < 4.78 is 47.0. The number of rotatable bonds is 9. The molecule has 3 rings (SSSR count). The zero-order valence-corrected chi connectivity index (χ0v) is 18.5. The number of thiophene rings is 1. The average molecular weight is 443 g/mol. The molecule has 9 heteroatoms. The van der Waals surface area contributed by atoms with Gasteiger partial charge in [0.1, 0.15) is 20.9 Å². The van der Waals surface area contributed by atoms with Gasteiger partial charge in [-0.05, 0) is 18.4 Å². The van der Waals surface area contributed by atoms with E-state index < -0.39 is 10.1 Å². The third-order valence-electron chi connectivity index (χ3n) is 4.36. The average Bonchev–Trinajstić information content (AvgIpc) is 3.24. The molecule has 0 amide bonds. The fraction of sp³-hybridized carbons (Fsp3) is 0.421. The van der Waals surface area contributed by atoms with E-state index in [0.29, 0.717) is 19.6 Å². The summed E-state index contributed by atoms with van der Waals surface area (Å²) in [6.45, 7) is 5.07. The molecule has 0 aliphatic carbocycles. The van der Waals surface area contributed by atoms with E-state index in [4.69, 9.17) is 14.0 Å². The van der Waals surface area contributed by atoms with E-state index in [9.17, 15) is 8.42 Å². The van der Waals surface area contributed by atoms with Crippen molar-refractivity contribution >= 4 is 59.2 Å². The maximum Gasteiger partial charge on any atom is 0.266 e. The number of methoxy groups -OCH3 is 1. The quantitative estimate of drug-likeness (QED) is 0.300. The normalized spacial score (nSPS) is 12.8. The molecule has 0 atom stereocenters. The lowest BCUT2D eigenvalue weighted by atomic mass is 10.2. The predicted molar refractivity (Wildman–Crippen MR) is 115 cm³/mol. The number of thiazole rings is 1. The number of hydrogen-bond acceptors (Lipinski definition) is 6. The minimum Gasteiger partial charge on any atom is -0.498 e. The Morgan fingerprint density at radius 3 is 2.79 bits per heavy atom. The lowest BCUT2D eigenvalue weighted by Gasteiger charge is -2.04. The second kappa shape index (κ2) is 8.77. The van der Waals surface area contributed by atoms with E-state index in [0.717, 1.165) is 43.2 Å². The number of allylic oxidation sites excluding steroid dienone is 1. The molecule has 1 aromatic carbocycles. The molecular formula is C19H24NO5S3+. The van der Waals surface area contributed by atoms with E-state index in [-0.39, 0.29) is 5.75 Å². The number of ether oxygens (including phenoxy) is 2. The second-order valence-corrected chi connectivity index (χ2v) is 9.77. The van der Waals surface area contributed by atoms with Crippen LogP contribution in [0.4, 0.5) is 0 Å². The summed E-state index contributed by atoms with van der Waals surface area (Å²) in [5, 5.41) is 4.05. The Morgan fingerprint density at radius 2 is 2.14 bits per heavy atom. The molecule has 0 unspecified atom stereocenters. The van der Waals surface area contributed by atoms with Crippen LogP contribution < -0.4 is 9.30 Å². The molecule has 3 aromatic rings. The van der Waals surface area contributed by atoms with Gasteiger partial charge in [-0.15, -0.1) is 11.3 Å². The highest BCUT2D eigenvalue weighted by Crippen LogP contribution is 2.38. The van der Waals surface area contributed by atoms with Crippen LogP contribution in [0.15, 0.2) is 23.3 Å². The van der Waals surface area contributed by atoms with Crippen molar-refractivity contribution in [1.82, 2.24) is 0 Å². The van der Waals surface area contributed by atoms with E-state index in [1.807, 2.05) is 37.4 Å². The Kier molecular flexibility index (Phi) is 6.59. The molecule has 0 saturated heterocycles. The predicted octanol–water partition coefficient (Wildman–Crippen LogP) is 4.48. The van der Waals surface area contributed by atoms with Crippen molar-refractivity contribution in [2.24, 2.45) is 0 Å². The summed E-state index contributed by atoms with van der Waals surface area (Å²) in [5.74, 6) is 1.44.